The number of thiophene rings is 1. The number of carboxylic acid groups (broad SMARTS) is 1. The van der Waals surface area contributed by atoms with Gasteiger partial charge in [0.2, 0.25) is 0 Å². The third-order valence-electron chi connectivity index (χ3n) is 4.59. The molecule has 130 valence electrons. The number of hydrogen-bond acceptors (Lipinski definition) is 4. The quantitative estimate of drug-likeness (QED) is 0.585. The molecule has 2 aromatic carbocycles. The predicted octanol–water partition coefficient (Wildman–Crippen LogP) is 4.31. The van der Waals surface area contributed by atoms with Crippen molar-refractivity contribution in [2.24, 2.45) is 0 Å². The molecule has 6 heteroatoms. The largest absolute Gasteiger partial charge is 0.480 e. The minimum atomic E-state index is -1.03. The number of aliphatic carboxylic acids is 1. The summed E-state index contributed by atoms with van der Waals surface area (Å²) in [6.07, 6.45) is 1.66. The van der Waals surface area contributed by atoms with Crippen molar-refractivity contribution in [1.29, 1.82) is 0 Å². The van der Waals surface area contributed by atoms with E-state index in [1.165, 1.54) is 22.2 Å². The molecule has 0 unspecified atom stereocenters. The Kier molecular flexibility index (Phi) is 4.05. The Balaban J connectivity index is 1.95. The van der Waals surface area contributed by atoms with E-state index in [1.807, 2.05) is 47.8 Å². The SMILES string of the molecule is CC[C@H](C(=O)O)n1cnc2scc(-c3ccc4ccccc4c3)c2c1=O. The van der Waals surface area contributed by atoms with Gasteiger partial charge in [0.15, 0.2) is 0 Å². The molecule has 5 nitrogen and oxygen atoms in total. The van der Waals surface area contributed by atoms with Gasteiger partial charge in [-0.15, -0.1) is 11.3 Å². The van der Waals surface area contributed by atoms with Crippen LogP contribution in [0.15, 0.2) is 59.0 Å². The van der Waals surface area contributed by atoms with Crippen LogP contribution in [0.3, 0.4) is 0 Å². The van der Waals surface area contributed by atoms with Crippen molar-refractivity contribution < 1.29 is 9.90 Å². The average Bonchev–Trinajstić information content (AvgIpc) is 3.08. The third-order valence-corrected chi connectivity index (χ3v) is 5.47. The van der Waals surface area contributed by atoms with Crippen molar-refractivity contribution >= 4 is 38.3 Å². The number of nitrogens with zero attached hydrogens (tertiary/aromatic N) is 2. The predicted molar refractivity (Wildman–Crippen MR) is 104 cm³/mol. The van der Waals surface area contributed by atoms with E-state index in [9.17, 15) is 14.7 Å². The summed E-state index contributed by atoms with van der Waals surface area (Å²) in [5, 5.41) is 14.0. The zero-order chi connectivity index (χ0) is 18.3. The maximum Gasteiger partial charge on any atom is 0.326 e. The van der Waals surface area contributed by atoms with Crippen molar-refractivity contribution in [3.05, 3.63) is 64.5 Å². The maximum absolute atomic E-state index is 13.0. The van der Waals surface area contributed by atoms with E-state index in [0.29, 0.717) is 16.6 Å². The van der Waals surface area contributed by atoms with Crippen LogP contribution in [0.1, 0.15) is 19.4 Å². The molecule has 0 amide bonds. The fourth-order valence-electron chi connectivity index (χ4n) is 3.23. The van der Waals surface area contributed by atoms with E-state index in [2.05, 4.69) is 4.98 Å². The van der Waals surface area contributed by atoms with E-state index in [-0.39, 0.29) is 5.56 Å². The molecule has 0 saturated heterocycles. The second-order valence-corrected chi connectivity index (χ2v) is 6.97. The zero-order valence-electron chi connectivity index (χ0n) is 14.0. The molecule has 1 N–H and O–H groups in total. The number of carbonyl (C=O) groups is 1. The van der Waals surface area contributed by atoms with Gasteiger partial charge in [-0.25, -0.2) is 9.78 Å². The van der Waals surface area contributed by atoms with E-state index >= 15 is 0 Å². The Labute approximate surface area is 153 Å². The third kappa shape index (κ3) is 2.59. The summed E-state index contributed by atoms with van der Waals surface area (Å²) < 4.78 is 1.22. The summed E-state index contributed by atoms with van der Waals surface area (Å²) >= 11 is 1.39. The average molecular weight is 364 g/mol. The van der Waals surface area contributed by atoms with Crippen LogP contribution >= 0.6 is 11.3 Å². The van der Waals surface area contributed by atoms with Gasteiger partial charge in [-0.2, -0.15) is 0 Å². The Morgan fingerprint density at radius 3 is 2.73 bits per heavy atom. The van der Waals surface area contributed by atoms with Crippen molar-refractivity contribution in [2.45, 2.75) is 19.4 Å². The van der Waals surface area contributed by atoms with Gasteiger partial charge >= 0.3 is 5.97 Å². The van der Waals surface area contributed by atoms with Crippen molar-refractivity contribution in [3.8, 4) is 11.1 Å². The highest BCUT2D eigenvalue weighted by molar-refractivity contribution is 7.17. The molecule has 0 radical (unpaired) electrons. The lowest BCUT2D eigenvalue weighted by Gasteiger charge is -2.13. The molecule has 0 spiro atoms. The first-order valence-electron chi connectivity index (χ1n) is 8.30. The van der Waals surface area contributed by atoms with E-state index < -0.39 is 12.0 Å². The summed E-state index contributed by atoms with van der Waals surface area (Å²) in [4.78, 5) is 29.4. The van der Waals surface area contributed by atoms with Crippen molar-refractivity contribution in [3.63, 3.8) is 0 Å². The first-order valence-corrected chi connectivity index (χ1v) is 9.18. The van der Waals surface area contributed by atoms with Gasteiger partial charge in [-0.05, 0) is 28.8 Å². The molecule has 26 heavy (non-hydrogen) atoms. The summed E-state index contributed by atoms with van der Waals surface area (Å²) in [6, 6.07) is 13.2. The maximum atomic E-state index is 13.0. The van der Waals surface area contributed by atoms with Gasteiger partial charge < -0.3 is 5.11 Å². The Morgan fingerprint density at radius 2 is 2.00 bits per heavy atom. The van der Waals surface area contributed by atoms with Gasteiger partial charge in [-0.3, -0.25) is 9.36 Å². The highest BCUT2D eigenvalue weighted by Crippen LogP contribution is 2.32. The molecule has 0 aliphatic heterocycles. The second kappa shape index (κ2) is 6.38. The summed E-state index contributed by atoms with van der Waals surface area (Å²) in [7, 11) is 0. The summed E-state index contributed by atoms with van der Waals surface area (Å²) in [6.45, 7) is 1.74. The highest BCUT2D eigenvalue weighted by atomic mass is 32.1. The van der Waals surface area contributed by atoms with E-state index in [1.54, 1.807) is 6.92 Å². The summed E-state index contributed by atoms with van der Waals surface area (Å²) in [5.41, 5.74) is 1.41. The van der Waals surface area contributed by atoms with Crippen LogP contribution in [0.25, 0.3) is 32.1 Å². The van der Waals surface area contributed by atoms with Crippen LogP contribution in [0, 0.1) is 0 Å². The monoisotopic (exact) mass is 364 g/mol. The molecular weight excluding hydrogens is 348 g/mol. The normalized spacial score (nSPS) is 12.5. The molecule has 4 rings (SSSR count). The van der Waals surface area contributed by atoms with Gasteiger partial charge in [0, 0.05) is 10.9 Å². The lowest BCUT2D eigenvalue weighted by atomic mass is 10.0. The molecule has 0 aliphatic carbocycles. The number of carboxylic acids is 1. The number of fused-ring (bicyclic) bond motifs is 2. The van der Waals surface area contributed by atoms with E-state index in [4.69, 9.17) is 0 Å². The number of rotatable bonds is 4. The molecule has 0 fully saturated rings. The van der Waals surface area contributed by atoms with Crippen LogP contribution < -0.4 is 5.56 Å². The molecule has 0 bridgehead atoms. The molecule has 0 aliphatic rings. The molecular formula is C20H16N2O3S. The molecule has 4 aromatic rings. The molecule has 2 heterocycles. The van der Waals surface area contributed by atoms with Gasteiger partial charge in [0.1, 0.15) is 10.9 Å². The Bertz CT molecular complexity index is 1190. The zero-order valence-corrected chi connectivity index (χ0v) is 14.9. The first-order chi connectivity index (χ1) is 12.6. The second-order valence-electron chi connectivity index (χ2n) is 6.11. The van der Waals surface area contributed by atoms with Crippen LogP contribution in [0.4, 0.5) is 0 Å². The Hall–Kier alpha value is -2.99. The highest BCUT2D eigenvalue weighted by Gasteiger charge is 2.21. The van der Waals surface area contributed by atoms with Crippen LogP contribution in [0.2, 0.25) is 0 Å². The molecule has 0 saturated carbocycles. The van der Waals surface area contributed by atoms with Gasteiger partial charge in [0.05, 0.1) is 11.7 Å². The smallest absolute Gasteiger partial charge is 0.326 e. The standard InChI is InChI=1S/C20H16N2O3S/c1-2-16(20(24)25)22-11-21-18-17(19(22)23)15(10-26-18)14-8-7-12-5-3-4-6-13(12)9-14/h3-11,16H,2H2,1H3,(H,24,25)/t16-/m1/s1. The number of hydrogen-bond donors (Lipinski definition) is 1. The molecule has 2 aromatic heterocycles. The van der Waals surface area contributed by atoms with Crippen LogP contribution in [-0.2, 0) is 4.79 Å². The van der Waals surface area contributed by atoms with Crippen LogP contribution in [-0.4, -0.2) is 20.6 Å². The Morgan fingerprint density at radius 1 is 1.23 bits per heavy atom. The number of benzene rings is 2. The number of aromatic nitrogens is 2. The minimum Gasteiger partial charge on any atom is -0.480 e. The molecule has 1 atom stereocenters. The van der Waals surface area contributed by atoms with Crippen LogP contribution in [0.5, 0.6) is 0 Å². The first kappa shape index (κ1) is 16.5. The summed E-state index contributed by atoms with van der Waals surface area (Å²) in [5.74, 6) is -1.03. The fourth-order valence-corrected chi connectivity index (χ4v) is 4.13. The van der Waals surface area contributed by atoms with Crippen molar-refractivity contribution in [1.82, 2.24) is 9.55 Å². The van der Waals surface area contributed by atoms with Gasteiger partial charge in [-0.1, -0.05) is 43.3 Å². The van der Waals surface area contributed by atoms with E-state index in [0.717, 1.165) is 21.9 Å². The fraction of sp³-hybridized carbons (Fsp3) is 0.150. The topological polar surface area (TPSA) is 72.2 Å². The minimum absolute atomic E-state index is 0.311. The van der Waals surface area contributed by atoms with Crippen molar-refractivity contribution in [2.75, 3.05) is 0 Å². The lowest BCUT2D eigenvalue weighted by Crippen LogP contribution is -2.29. The lowest BCUT2D eigenvalue weighted by molar-refractivity contribution is -0.141. The van der Waals surface area contributed by atoms with Gasteiger partial charge in [0.25, 0.3) is 5.56 Å².